The van der Waals surface area contributed by atoms with E-state index in [1.807, 2.05) is 51.1 Å². The summed E-state index contributed by atoms with van der Waals surface area (Å²) in [5.41, 5.74) is 7.99. The minimum Gasteiger partial charge on any atom is -0.490 e. The average Bonchev–Trinajstić information content (AvgIpc) is 2.56. The third-order valence-corrected chi connectivity index (χ3v) is 3.88. The second-order valence-corrected chi connectivity index (χ2v) is 6.30. The van der Waals surface area contributed by atoms with Gasteiger partial charge in [0, 0.05) is 24.4 Å². The summed E-state index contributed by atoms with van der Waals surface area (Å²) in [4.78, 5) is 4.42. The molecule has 2 aromatic rings. The Morgan fingerprint density at radius 3 is 2.62 bits per heavy atom. The zero-order valence-corrected chi connectivity index (χ0v) is 15.2. The van der Waals surface area contributed by atoms with Crippen LogP contribution in [0.3, 0.4) is 0 Å². The maximum atomic E-state index is 6.44. The van der Waals surface area contributed by atoms with Crippen LogP contribution in [0.5, 0.6) is 11.5 Å². The SMILES string of the molecule is CCOc1cc(CC(CN)c2ccccn2)cc(Cl)c1OC(C)C. The fourth-order valence-electron chi connectivity index (χ4n) is 2.56. The first-order valence-electron chi connectivity index (χ1n) is 8.28. The highest BCUT2D eigenvalue weighted by Gasteiger charge is 2.17. The molecule has 0 saturated heterocycles. The molecule has 0 bridgehead atoms. The Bertz CT molecular complexity index is 647. The van der Waals surface area contributed by atoms with Crippen LogP contribution in [0.25, 0.3) is 0 Å². The summed E-state index contributed by atoms with van der Waals surface area (Å²) in [6.07, 6.45) is 2.56. The van der Waals surface area contributed by atoms with Crippen LogP contribution in [0.2, 0.25) is 5.02 Å². The third-order valence-electron chi connectivity index (χ3n) is 3.60. The first kappa shape index (κ1) is 18.6. The topological polar surface area (TPSA) is 57.4 Å². The standard InChI is InChI=1S/C19H25ClN2O2/c1-4-23-18-11-14(10-16(20)19(18)24-13(2)3)9-15(12-21)17-7-5-6-8-22-17/h5-8,10-11,13,15H,4,9,12,21H2,1-3H3. The molecule has 1 aromatic carbocycles. The molecule has 0 aliphatic heterocycles. The summed E-state index contributed by atoms with van der Waals surface area (Å²) in [6, 6.07) is 9.78. The smallest absolute Gasteiger partial charge is 0.180 e. The van der Waals surface area contributed by atoms with Crippen molar-refractivity contribution in [1.29, 1.82) is 0 Å². The number of nitrogens with zero attached hydrogens (tertiary/aromatic N) is 1. The number of benzene rings is 1. The van der Waals surface area contributed by atoms with E-state index in [-0.39, 0.29) is 12.0 Å². The van der Waals surface area contributed by atoms with Crippen molar-refractivity contribution in [1.82, 2.24) is 4.98 Å². The highest BCUT2D eigenvalue weighted by Crippen LogP contribution is 2.38. The Morgan fingerprint density at radius 1 is 1.25 bits per heavy atom. The van der Waals surface area contributed by atoms with Gasteiger partial charge in [0.05, 0.1) is 17.7 Å². The number of pyridine rings is 1. The van der Waals surface area contributed by atoms with Crippen LogP contribution >= 0.6 is 11.6 Å². The molecule has 1 atom stereocenters. The van der Waals surface area contributed by atoms with E-state index >= 15 is 0 Å². The summed E-state index contributed by atoms with van der Waals surface area (Å²) in [5.74, 6) is 1.40. The fraction of sp³-hybridized carbons (Fsp3) is 0.421. The molecule has 0 amide bonds. The van der Waals surface area contributed by atoms with Gasteiger partial charge in [0.25, 0.3) is 0 Å². The van der Waals surface area contributed by atoms with Gasteiger partial charge in [-0.15, -0.1) is 0 Å². The molecule has 1 heterocycles. The lowest BCUT2D eigenvalue weighted by atomic mass is 9.95. The summed E-state index contributed by atoms with van der Waals surface area (Å²) < 4.78 is 11.5. The maximum absolute atomic E-state index is 6.44. The average molecular weight is 349 g/mol. The molecule has 0 aliphatic carbocycles. The largest absolute Gasteiger partial charge is 0.490 e. The van der Waals surface area contributed by atoms with Gasteiger partial charge >= 0.3 is 0 Å². The normalized spacial score (nSPS) is 12.2. The maximum Gasteiger partial charge on any atom is 0.180 e. The van der Waals surface area contributed by atoms with Crippen LogP contribution in [0.1, 0.15) is 37.9 Å². The predicted molar refractivity (Wildman–Crippen MR) is 98.1 cm³/mol. The summed E-state index contributed by atoms with van der Waals surface area (Å²) in [5, 5.41) is 0.557. The van der Waals surface area contributed by atoms with Crippen LogP contribution in [-0.2, 0) is 6.42 Å². The van der Waals surface area contributed by atoms with Crippen molar-refractivity contribution in [3.05, 3.63) is 52.8 Å². The number of hydrogen-bond donors (Lipinski definition) is 1. The molecule has 1 aromatic heterocycles. The van der Waals surface area contributed by atoms with Crippen LogP contribution in [0.4, 0.5) is 0 Å². The number of aromatic nitrogens is 1. The second kappa shape index (κ2) is 8.90. The Kier molecular flexibility index (Phi) is 6.88. The van der Waals surface area contributed by atoms with Crippen molar-refractivity contribution in [3.8, 4) is 11.5 Å². The Hall–Kier alpha value is -1.78. The minimum absolute atomic E-state index is 0.0258. The van der Waals surface area contributed by atoms with E-state index in [9.17, 15) is 0 Å². The Labute approximate surface area is 148 Å². The quantitative estimate of drug-likeness (QED) is 0.776. The van der Waals surface area contributed by atoms with Gasteiger partial charge in [-0.25, -0.2) is 0 Å². The van der Waals surface area contributed by atoms with Gasteiger partial charge in [-0.1, -0.05) is 17.7 Å². The first-order chi connectivity index (χ1) is 11.5. The number of ether oxygens (including phenoxy) is 2. The third kappa shape index (κ3) is 4.86. The molecule has 24 heavy (non-hydrogen) atoms. The molecule has 0 aliphatic rings. The van der Waals surface area contributed by atoms with E-state index in [1.54, 1.807) is 6.20 Å². The zero-order chi connectivity index (χ0) is 17.5. The van der Waals surface area contributed by atoms with Gasteiger partial charge in [-0.05, 0) is 57.0 Å². The second-order valence-electron chi connectivity index (χ2n) is 5.90. The predicted octanol–water partition coefficient (Wildman–Crippen LogP) is 4.21. The number of nitrogens with two attached hydrogens (primary N) is 1. The van der Waals surface area contributed by atoms with Crippen molar-refractivity contribution >= 4 is 11.6 Å². The molecule has 130 valence electrons. The minimum atomic E-state index is 0.0258. The molecule has 0 spiro atoms. The van der Waals surface area contributed by atoms with Gasteiger partial charge in [0.1, 0.15) is 0 Å². The van der Waals surface area contributed by atoms with Crippen molar-refractivity contribution in [2.24, 2.45) is 5.73 Å². The van der Waals surface area contributed by atoms with Crippen LogP contribution < -0.4 is 15.2 Å². The van der Waals surface area contributed by atoms with Gasteiger partial charge in [0.15, 0.2) is 11.5 Å². The van der Waals surface area contributed by atoms with Crippen LogP contribution in [-0.4, -0.2) is 24.2 Å². The summed E-state index contributed by atoms with van der Waals surface area (Å²) in [6.45, 7) is 6.94. The van der Waals surface area contributed by atoms with Gasteiger partial charge in [-0.3, -0.25) is 4.98 Å². The van der Waals surface area contributed by atoms with Gasteiger partial charge < -0.3 is 15.2 Å². The molecule has 5 heteroatoms. The van der Waals surface area contributed by atoms with Gasteiger partial charge in [0.2, 0.25) is 0 Å². The lowest BCUT2D eigenvalue weighted by molar-refractivity contribution is 0.224. The van der Waals surface area contributed by atoms with Crippen LogP contribution in [0, 0.1) is 0 Å². The molecule has 2 rings (SSSR count). The monoisotopic (exact) mass is 348 g/mol. The van der Waals surface area contributed by atoms with Crippen molar-refractivity contribution in [2.75, 3.05) is 13.2 Å². The number of rotatable bonds is 8. The van der Waals surface area contributed by atoms with E-state index in [2.05, 4.69) is 4.98 Å². The zero-order valence-electron chi connectivity index (χ0n) is 14.5. The first-order valence-corrected chi connectivity index (χ1v) is 8.65. The summed E-state index contributed by atoms with van der Waals surface area (Å²) >= 11 is 6.44. The molecule has 4 nitrogen and oxygen atoms in total. The van der Waals surface area contributed by atoms with Crippen molar-refractivity contribution in [2.45, 2.75) is 39.2 Å². The van der Waals surface area contributed by atoms with E-state index in [0.717, 1.165) is 17.7 Å². The molecular formula is C19H25ClN2O2. The molecule has 1 unspecified atom stereocenters. The molecule has 0 radical (unpaired) electrons. The molecule has 0 fully saturated rings. The van der Waals surface area contributed by atoms with Gasteiger partial charge in [-0.2, -0.15) is 0 Å². The lowest BCUT2D eigenvalue weighted by Gasteiger charge is -2.19. The van der Waals surface area contributed by atoms with E-state index in [1.165, 1.54) is 0 Å². The number of halogens is 1. The fourth-order valence-corrected chi connectivity index (χ4v) is 2.84. The van der Waals surface area contributed by atoms with E-state index in [4.69, 9.17) is 26.8 Å². The van der Waals surface area contributed by atoms with E-state index in [0.29, 0.717) is 29.7 Å². The highest BCUT2D eigenvalue weighted by molar-refractivity contribution is 6.32. The van der Waals surface area contributed by atoms with Crippen molar-refractivity contribution < 1.29 is 9.47 Å². The Morgan fingerprint density at radius 2 is 2.04 bits per heavy atom. The summed E-state index contributed by atoms with van der Waals surface area (Å²) in [7, 11) is 0. The number of hydrogen-bond acceptors (Lipinski definition) is 4. The highest BCUT2D eigenvalue weighted by atomic mass is 35.5. The Balaban J connectivity index is 2.29. The van der Waals surface area contributed by atoms with Crippen molar-refractivity contribution in [3.63, 3.8) is 0 Å². The van der Waals surface area contributed by atoms with E-state index < -0.39 is 0 Å². The lowest BCUT2D eigenvalue weighted by Crippen LogP contribution is -2.16. The molecule has 2 N–H and O–H groups in total. The van der Waals surface area contributed by atoms with Crippen LogP contribution in [0.15, 0.2) is 36.5 Å². The molecule has 0 saturated carbocycles. The molecular weight excluding hydrogens is 324 g/mol.